The second-order valence-electron chi connectivity index (χ2n) is 3.81. The standard InChI is InChI=1S/C11H15N5O/c1-13-11(12)15-8-5-9(7-14-6-8)16-4-2-3-10(16)17/h5-7H,2-4H2,1H3,(H3,12,13,15). The number of rotatable bonds is 2. The second kappa shape index (κ2) is 4.82. The van der Waals surface area contributed by atoms with E-state index in [1.807, 2.05) is 6.07 Å². The van der Waals surface area contributed by atoms with E-state index in [9.17, 15) is 4.79 Å². The van der Waals surface area contributed by atoms with Crippen LogP contribution in [0.1, 0.15) is 12.8 Å². The molecule has 90 valence electrons. The predicted octanol–water partition coefficient (Wildman–Crippen LogP) is 0.565. The number of guanidine groups is 1. The third-order valence-corrected chi connectivity index (χ3v) is 2.62. The SMILES string of the molecule is CN=C(N)Nc1cncc(N2CCCC2=O)c1. The van der Waals surface area contributed by atoms with Crippen LogP contribution in [-0.4, -0.2) is 30.4 Å². The van der Waals surface area contributed by atoms with Crippen LogP contribution in [0.25, 0.3) is 0 Å². The van der Waals surface area contributed by atoms with E-state index in [2.05, 4.69) is 15.3 Å². The number of nitrogens with two attached hydrogens (primary N) is 1. The van der Waals surface area contributed by atoms with E-state index in [-0.39, 0.29) is 5.91 Å². The molecule has 0 unspecified atom stereocenters. The number of aliphatic imine (C=N–C) groups is 1. The molecule has 0 saturated carbocycles. The minimum absolute atomic E-state index is 0.140. The van der Waals surface area contributed by atoms with Crippen molar-refractivity contribution in [3.05, 3.63) is 18.5 Å². The van der Waals surface area contributed by atoms with Gasteiger partial charge >= 0.3 is 0 Å². The molecule has 0 aromatic carbocycles. The molecule has 0 aliphatic carbocycles. The van der Waals surface area contributed by atoms with Crippen LogP contribution in [0.15, 0.2) is 23.5 Å². The van der Waals surface area contributed by atoms with E-state index < -0.39 is 0 Å². The number of nitrogens with zero attached hydrogens (tertiary/aromatic N) is 3. The highest BCUT2D eigenvalue weighted by Crippen LogP contribution is 2.22. The Bertz CT molecular complexity index is 457. The summed E-state index contributed by atoms with van der Waals surface area (Å²) in [5.41, 5.74) is 7.09. The molecule has 17 heavy (non-hydrogen) atoms. The molecule has 0 atom stereocenters. The number of aromatic nitrogens is 1. The van der Waals surface area contributed by atoms with Gasteiger partial charge in [0.15, 0.2) is 5.96 Å². The first-order valence-electron chi connectivity index (χ1n) is 5.45. The number of carbonyl (C=O) groups excluding carboxylic acids is 1. The Morgan fingerprint density at radius 3 is 3.06 bits per heavy atom. The minimum Gasteiger partial charge on any atom is -0.370 e. The van der Waals surface area contributed by atoms with Gasteiger partial charge in [-0.1, -0.05) is 0 Å². The molecule has 1 saturated heterocycles. The highest BCUT2D eigenvalue weighted by molar-refractivity contribution is 5.97. The van der Waals surface area contributed by atoms with Crippen molar-refractivity contribution >= 4 is 23.2 Å². The molecular weight excluding hydrogens is 218 g/mol. The smallest absolute Gasteiger partial charge is 0.227 e. The lowest BCUT2D eigenvalue weighted by Gasteiger charge is -2.16. The molecule has 0 radical (unpaired) electrons. The summed E-state index contributed by atoms with van der Waals surface area (Å²) in [5.74, 6) is 0.456. The molecule has 1 amide bonds. The number of nitrogens with one attached hydrogen (secondary N) is 1. The van der Waals surface area contributed by atoms with Gasteiger partial charge in [0.25, 0.3) is 0 Å². The number of carbonyl (C=O) groups is 1. The monoisotopic (exact) mass is 233 g/mol. The summed E-state index contributed by atoms with van der Waals surface area (Å²) < 4.78 is 0. The van der Waals surface area contributed by atoms with Crippen molar-refractivity contribution in [1.82, 2.24) is 4.98 Å². The van der Waals surface area contributed by atoms with Gasteiger partial charge < -0.3 is 16.0 Å². The van der Waals surface area contributed by atoms with Crippen LogP contribution in [0.3, 0.4) is 0 Å². The van der Waals surface area contributed by atoms with Crippen molar-refractivity contribution in [1.29, 1.82) is 0 Å². The Labute approximate surface area is 99.5 Å². The fourth-order valence-corrected chi connectivity index (χ4v) is 1.77. The number of anilines is 2. The molecule has 1 aliphatic rings. The Morgan fingerprint density at radius 2 is 2.41 bits per heavy atom. The van der Waals surface area contributed by atoms with Crippen molar-refractivity contribution in [3.63, 3.8) is 0 Å². The zero-order valence-corrected chi connectivity index (χ0v) is 9.68. The van der Waals surface area contributed by atoms with Gasteiger partial charge in [-0.2, -0.15) is 0 Å². The zero-order chi connectivity index (χ0) is 12.3. The highest BCUT2D eigenvalue weighted by atomic mass is 16.2. The van der Waals surface area contributed by atoms with E-state index in [4.69, 9.17) is 5.73 Å². The number of hydrogen-bond donors (Lipinski definition) is 2. The van der Waals surface area contributed by atoms with Crippen molar-refractivity contribution < 1.29 is 4.79 Å². The number of hydrogen-bond acceptors (Lipinski definition) is 3. The van der Waals surface area contributed by atoms with Gasteiger partial charge in [0, 0.05) is 20.0 Å². The summed E-state index contributed by atoms with van der Waals surface area (Å²) in [6.45, 7) is 0.751. The van der Waals surface area contributed by atoms with Gasteiger partial charge in [-0.05, 0) is 12.5 Å². The summed E-state index contributed by atoms with van der Waals surface area (Å²) in [6.07, 6.45) is 4.82. The summed E-state index contributed by atoms with van der Waals surface area (Å²) in [6, 6.07) is 1.84. The normalized spacial score (nSPS) is 16.4. The Kier molecular flexibility index (Phi) is 3.22. The average molecular weight is 233 g/mol. The van der Waals surface area contributed by atoms with Crippen LogP contribution in [-0.2, 0) is 4.79 Å². The molecule has 2 heterocycles. The maximum absolute atomic E-state index is 11.6. The molecule has 2 rings (SSSR count). The average Bonchev–Trinajstić information content (AvgIpc) is 2.75. The first-order valence-corrected chi connectivity index (χ1v) is 5.45. The highest BCUT2D eigenvalue weighted by Gasteiger charge is 2.21. The lowest BCUT2D eigenvalue weighted by Crippen LogP contribution is -2.25. The van der Waals surface area contributed by atoms with Crippen LogP contribution in [0.5, 0.6) is 0 Å². The molecule has 1 fully saturated rings. The third kappa shape index (κ3) is 2.52. The topological polar surface area (TPSA) is 83.6 Å². The molecule has 3 N–H and O–H groups in total. The number of pyridine rings is 1. The lowest BCUT2D eigenvalue weighted by atomic mass is 10.3. The Hall–Kier alpha value is -2.11. The summed E-state index contributed by atoms with van der Waals surface area (Å²) in [5, 5.41) is 2.90. The molecule has 6 nitrogen and oxygen atoms in total. The van der Waals surface area contributed by atoms with Crippen LogP contribution in [0.2, 0.25) is 0 Å². The van der Waals surface area contributed by atoms with Gasteiger partial charge in [-0.25, -0.2) is 0 Å². The van der Waals surface area contributed by atoms with Gasteiger partial charge in [0.1, 0.15) is 0 Å². The van der Waals surface area contributed by atoms with E-state index in [1.54, 1.807) is 24.3 Å². The lowest BCUT2D eigenvalue weighted by molar-refractivity contribution is -0.117. The molecule has 1 aromatic rings. The van der Waals surface area contributed by atoms with Crippen molar-refractivity contribution in [2.75, 3.05) is 23.8 Å². The maximum atomic E-state index is 11.6. The fourth-order valence-electron chi connectivity index (χ4n) is 1.77. The van der Waals surface area contributed by atoms with Crippen LogP contribution in [0, 0.1) is 0 Å². The molecule has 1 aliphatic heterocycles. The Morgan fingerprint density at radius 1 is 1.59 bits per heavy atom. The van der Waals surface area contributed by atoms with Gasteiger partial charge in [-0.3, -0.25) is 14.8 Å². The second-order valence-corrected chi connectivity index (χ2v) is 3.81. The summed E-state index contributed by atoms with van der Waals surface area (Å²) in [7, 11) is 1.60. The van der Waals surface area contributed by atoms with E-state index in [0.717, 1.165) is 24.3 Å². The fraction of sp³-hybridized carbons (Fsp3) is 0.364. The van der Waals surface area contributed by atoms with Crippen molar-refractivity contribution in [2.24, 2.45) is 10.7 Å². The van der Waals surface area contributed by atoms with E-state index in [1.165, 1.54) is 0 Å². The molecular formula is C11H15N5O. The summed E-state index contributed by atoms with van der Waals surface area (Å²) in [4.78, 5) is 21.2. The van der Waals surface area contributed by atoms with Crippen molar-refractivity contribution in [2.45, 2.75) is 12.8 Å². The summed E-state index contributed by atoms with van der Waals surface area (Å²) >= 11 is 0. The predicted molar refractivity (Wildman–Crippen MR) is 67.0 cm³/mol. The maximum Gasteiger partial charge on any atom is 0.227 e. The van der Waals surface area contributed by atoms with Gasteiger partial charge in [0.2, 0.25) is 5.91 Å². The van der Waals surface area contributed by atoms with E-state index >= 15 is 0 Å². The third-order valence-electron chi connectivity index (χ3n) is 2.62. The molecule has 1 aromatic heterocycles. The zero-order valence-electron chi connectivity index (χ0n) is 9.68. The van der Waals surface area contributed by atoms with Crippen LogP contribution < -0.4 is 16.0 Å². The largest absolute Gasteiger partial charge is 0.370 e. The minimum atomic E-state index is 0.140. The van der Waals surface area contributed by atoms with Crippen molar-refractivity contribution in [3.8, 4) is 0 Å². The van der Waals surface area contributed by atoms with Gasteiger partial charge in [0.05, 0.1) is 23.8 Å². The van der Waals surface area contributed by atoms with E-state index in [0.29, 0.717) is 12.4 Å². The van der Waals surface area contributed by atoms with Gasteiger partial charge in [-0.15, -0.1) is 0 Å². The number of amides is 1. The Balaban J connectivity index is 2.19. The molecule has 6 heteroatoms. The first-order chi connectivity index (χ1) is 8.20. The molecule has 0 spiro atoms. The quantitative estimate of drug-likeness (QED) is 0.577. The molecule has 0 bridgehead atoms. The first kappa shape index (κ1) is 11.4. The van der Waals surface area contributed by atoms with Crippen LogP contribution in [0.4, 0.5) is 11.4 Å². The van der Waals surface area contributed by atoms with Crippen LogP contribution >= 0.6 is 0 Å².